The number of likely N-dealkylation sites (tertiary alicyclic amines) is 1. The molecule has 0 spiro atoms. The van der Waals surface area contributed by atoms with E-state index in [-0.39, 0.29) is 17.3 Å². The normalized spacial score (nSPS) is 17.8. The van der Waals surface area contributed by atoms with Crippen LogP contribution < -0.4 is 5.32 Å². The van der Waals surface area contributed by atoms with Gasteiger partial charge in [0.05, 0.1) is 0 Å². The van der Waals surface area contributed by atoms with Crippen LogP contribution in [0.25, 0.3) is 0 Å². The van der Waals surface area contributed by atoms with E-state index in [9.17, 15) is 14.7 Å². The fourth-order valence-electron chi connectivity index (χ4n) is 2.65. The number of benzene rings is 1. The average molecular weight is 292 g/mol. The number of rotatable bonds is 4. The van der Waals surface area contributed by atoms with Gasteiger partial charge in [-0.25, -0.2) is 9.59 Å². The topological polar surface area (TPSA) is 89.9 Å². The van der Waals surface area contributed by atoms with Crippen LogP contribution in [0.5, 0.6) is 5.75 Å². The van der Waals surface area contributed by atoms with Crippen molar-refractivity contribution >= 4 is 17.7 Å². The molecule has 3 N–H and O–H groups in total. The van der Waals surface area contributed by atoms with Gasteiger partial charge in [0.25, 0.3) is 0 Å². The van der Waals surface area contributed by atoms with Crippen molar-refractivity contribution in [1.29, 1.82) is 0 Å². The highest BCUT2D eigenvalue weighted by molar-refractivity contribution is 5.94. The van der Waals surface area contributed by atoms with Gasteiger partial charge < -0.3 is 20.4 Å². The third kappa shape index (κ3) is 3.65. The molecule has 1 aromatic rings. The lowest BCUT2D eigenvalue weighted by molar-refractivity contribution is 0.0694. The molecule has 6 heteroatoms. The zero-order valence-corrected chi connectivity index (χ0v) is 12.0. The van der Waals surface area contributed by atoms with Crippen LogP contribution in [0, 0.1) is 5.92 Å². The predicted octanol–water partition coefficient (Wildman–Crippen LogP) is 2.74. The van der Waals surface area contributed by atoms with E-state index in [1.165, 1.54) is 18.2 Å². The van der Waals surface area contributed by atoms with Gasteiger partial charge in [-0.2, -0.15) is 0 Å². The van der Waals surface area contributed by atoms with Gasteiger partial charge in [-0.3, -0.25) is 0 Å². The first kappa shape index (κ1) is 15.2. The number of urea groups is 1. The zero-order chi connectivity index (χ0) is 15.4. The Balaban J connectivity index is 1.97. The molecule has 6 nitrogen and oxygen atoms in total. The summed E-state index contributed by atoms with van der Waals surface area (Å²) in [6.45, 7) is 3.62. The Kier molecular flexibility index (Phi) is 4.67. The van der Waals surface area contributed by atoms with Gasteiger partial charge in [-0.1, -0.05) is 13.3 Å². The highest BCUT2D eigenvalue weighted by atomic mass is 16.4. The summed E-state index contributed by atoms with van der Waals surface area (Å²) in [5.41, 5.74) is 0.207. The molecule has 114 valence electrons. The number of anilines is 1. The Hall–Kier alpha value is -2.24. The number of hydrogen-bond acceptors (Lipinski definition) is 3. The Morgan fingerprint density at radius 2 is 2.19 bits per heavy atom. The largest absolute Gasteiger partial charge is 0.507 e. The number of phenols is 1. The molecule has 1 aromatic carbocycles. The quantitative estimate of drug-likeness (QED) is 0.796. The van der Waals surface area contributed by atoms with E-state index in [4.69, 9.17) is 5.11 Å². The molecule has 1 fully saturated rings. The molecule has 0 aliphatic carbocycles. The summed E-state index contributed by atoms with van der Waals surface area (Å²) in [4.78, 5) is 24.7. The summed E-state index contributed by atoms with van der Waals surface area (Å²) in [6, 6.07) is 3.79. The lowest BCUT2D eigenvalue weighted by atomic mass is 10.0. The highest BCUT2D eigenvalue weighted by Gasteiger charge is 2.25. The SMILES string of the molecule is CCCC1CCN(C(=O)Nc2ccc(C(=O)O)c(O)c2)C1. The molecule has 2 amide bonds. The number of aromatic hydroxyl groups is 1. The first-order valence-electron chi connectivity index (χ1n) is 7.13. The number of nitrogens with zero attached hydrogens (tertiary/aromatic N) is 1. The molecule has 0 radical (unpaired) electrons. The molecule has 1 unspecified atom stereocenters. The standard InChI is InChI=1S/C15H20N2O4/c1-2-3-10-6-7-17(9-10)15(21)16-11-4-5-12(14(19)20)13(18)8-11/h4-5,8,10,18H,2-3,6-7,9H2,1H3,(H,16,21)(H,19,20). The van der Waals surface area contributed by atoms with Crippen LogP contribution in [0.2, 0.25) is 0 Å². The van der Waals surface area contributed by atoms with Crippen molar-refractivity contribution in [3.63, 3.8) is 0 Å². The molecule has 0 aromatic heterocycles. The first-order chi connectivity index (χ1) is 10.0. The molecule has 21 heavy (non-hydrogen) atoms. The minimum Gasteiger partial charge on any atom is -0.507 e. The Morgan fingerprint density at radius 3 is 2.81 bits per heavy atom. The van der Waals surface area contributed by atoms with Gasteiger partial charge in [0.1, 0.15) is 11.3 Å². The van der Waals surface area contributed by atoms with Crippen molar-refractivity contribution in [2.75, 3.05) is 18.4 Å². The Bertz CT molecular complexity index is 544. The second-order valence-electron chi connectivity index (χ2n) is 5.36. The number of carboxylic acids is 1. The third-order valence-corrected chi connectivity index (χ3v) is 3.75. The summed E-state index contributed by atoms with van der Waals surface area (Å²) in [6.07, 6.45) is 3.26. The first-order valence-corrected chi connectivity index (χ1v) is 7.13. The van der Waals surface area contributed by atoms with E-state index in [1.54, 1.807) is 4.90 Å². The van der Waals surface area contributed by atoms with Gasteiger partial charge in [0.2, 0.25) is 0 Å². The minimum atomic E-state index is -1.20. The lowest BCUT2D eigenvalue weighted by Gasteiger charge is -2.17. The second-order valence-corrected chi connectivity index (χ2v) is 5.36. The molecule has 0 bridgehead atoms. The molecule has 1 heterocycles. The summed E-state index contributed by atoms with van der Waals surface area (Å²) in [7, 11) is 0. The van der Waals surface area contributed by atoms with E-state index >= 15 is 0 Å². The third-order valence-electron chi connectivity index (χ3n) is 3.75. The number of nitrogens with one attached hydrogen (secondary N) is 1. The maximum atomic E-state index is 12.1. The number of carboxylic acid groups (broad SMARTS) is 1. The summed E-state index contributed by atoms with van der Waals surface area (Å²) in [5.74, 6) is -0.999. The maximum Gasteiger partial charge on any atom is 0.339 e. The van der Waals surface area contributed by atoms with E-state index in [0.717, 1.165) is 32.4 Å². The molecule has 1 aliphatic heterocycles. The number of amides is 2. The van der Waals surface area contributed by atoms with Crippen molar-refractivity contribution in [2.45, 2.75) is 26.2 Å². The van der Waals surface area contributed by atoms with Gasteiger partial charge in [-0.05, 0) is 30.9 Å². The molecule has 1 atom stereocenters. The smallest absolute Gasteiger partial charge is 0.339 e. The van der Waals surface area contributed by atoms with Crippen LogP contribution in [0.3, 0.4) is 0 Å². The number of carbonyl (C=O) groups excluding carboxylic acids is 1. The summed E-state index contributed by atoms with van der Waals surface area (Å²) < 4.78 is 0. The van der Waals surface area contributed by atoms with Crippen molar-refractivity contribution in [3.05, 3.63) is 23.8 Å². The van der Waals surface area contributed by atoms with Crippen LogP contribution in [0.4, 0.5) is 10.5 Å². The van der Waals surface area contributed by atoms with Gasteiger partial charge in [0, 0.05) is 24.8 Å². The van der Waals surface area contributed by atoms with E-state index in [1.807, 2.05) is 0 Å². The number of carbonyl (C=O) groups is 2. The van der Waals surface area contributed by atoms with Crippen molar-refractivity contribution in [3.8, 4) is 5.75 Å². The molecule has 2 rings (SSSR count). The number of aromatic carboxylic acids is 1. The highest BCUT2D eigenvalue weighted by Crippen LogP contribution is 2.24. The fraction of sp³-hybridized carbons (Fsp3) is 0.467. The van der Waals surface area contributed by atoms with Crippen molar-refractivity contribution < 1.29 is 19.8 Å². The molecule has 0 saturated carbocycles. The Morgan fingerprint density at radius 1 is 1.43 bits per heavy atom. The molecular weight excluding hydrogens is 272 g/mol. The van der Waals surface area contributed by atoms with Gasteiger partial charge >= 0.3 is 12.0 Å². The van der Waals surface area contributed by atoms with Gasteiger partial charge in [-0.15, -0.1) is 0 Å². The molecule has 1 saturated heterocycles. The predicted molar refractivity (Wildman–Crippen MR) is 78.7 cm³/mol. The van der Waals surface area contributed by atoms with Crippen LogP contribution in [-0.2, 0) is 0 Å². The van der Waals surface area contributed by atoms with Crippen LogP contribution in [0.1, 0.15) is 36.5 Å². The van der Waals surface area contributed by atoms with Crippen LogP contribution in [-0.4, -0.2) is 40.2 Å². The average Bonchev–Trinajstić information content (AvgIpc) is 2.87. The summed E-state index contributed by atoms with van der Waals surface area (Å²) >= 11 is 0. The monoisotopic (exact) mass is 292 g/mol. The van der Waals surface area contributed by atoms with Crippen LogP contribution in [0.15, 0.2) is 18.2 Å². The molecular formula is C15H20N2O4. The van der Waals surface area contributed by atoms with E-state index in [0.29, 0.717) is 11.6 Å². The van der Waals surface area contributed by atoms with Gasteiger partial charge in [0.15, 0.2) is 0 Å². The maximum absolute atomic E-state index is 12.1. The Labute approximate surface area is 123 Å². The summed E-state index contributed by atoms with van der Waals surface area (Å²) in [5, 5.41) is 21.1. The number of hydrogen-bond donors (Lipinski definition) is 3. The van der Waals surface area contributed by atoms with E-state index < -0.39 is 5.97 Å². The fourth-order valence-corrected chi connectivity index (χ4v) is 2.65. The minimum absolute atomic E-state index is 0.183. The van der Waals surface area contributed by atoms with Crippen molar-refractivity contribution in [2.24, 2.45) is 5.92 Å². The zero-order valence-electron chi connectivity index (χ0n) is 12.0. The van der Waals surface area contributed by atoms with Crippen LogP contribution >= 0.6 is 0 Å². The second kappa shape index (κ2) is 6.47. The molecule has 1 aliphatic rings. The van der Waals surface area contributed by atoms with E-state index in [2.05, 4.69) is 12.2 Å². The lowest BCUT2D eigenvalue weighted by Crippen LogP contribution is -2.33. The van der Waals surface area contributed by atoms with Crippen molar-refractivity contribution in [1.82, 2.24) is 4.90 Å².